The Kier molecular flexibility index (Phi) is 4.28. The molecule has 1 aliphatic carbocycles. The molecule has 0 radical (unpaired) electrons. The van der Waals surface area contributed by atoms with Crippen LogP contribution in [-0.4, -0.2) is 26.8 Å². The first-order chi connectivity index (χ1) is 12.5. The lowest BCUT2D eigenvalue weighted by Crippen LogP contribution is -2.36. The van der Waals surface area contributed by atoms with Gasteiger partial charge >= 0.3 is 12.1 Å². The fourth-order valence-electron chi connectivity index (χ4n) is 2.81. The van der Waals surface area contributed by atoms with Crippen LogP contribution in [0.4, 0.5) is 18.9 Å². The van der Waals surface area contributed by atoms with Gasteiger partial charge in [-0.05, 0) is 38.3 Å². The average molecular weight is 381 g/mol. The van der Waals surface area contributed by atoms with Crippen molar-refractivity contribution in [2.75, 3.05) is 5.32 Å². The van der Waals surface area contributed by atoms with Crippen molar-refractivity contribution in [1.29, 1.82) is 0 Å². The van der Waals surface area contributed by atoms with Gasteiger partial charge in [-0.1, -0.05) is 18.2 Å². The first kappa shape index (κ1) is 18.9. The van der Waals surface area contributed by atoms with E-state index in [9.17, 15) is 27.9 Å². The smallest absolute Gasteiger partial charge is 0.416 e. The van der Waals surface area contributed by atoms with E-state index in [1.807, 2.05) is 0 Å². The highest BCUT2D eigenvalue weighted by atomic mass is 19.4. The third kappa shape index (κ3) is 3.41. The molecule has 9 heteroatoms. The fourth-order valence-corrected chi connectivity index (χ4v) is 2.81. The molecule has 2 N–H and O–H groups in total. The van der Waals surface area contributed by atoms with Crippen molar-refractivity contribution >= 4 is 17.6 Å². The van der Waals surface area contributed by atoms with Gasteiger partial charge in [0.25, 0.3) is 0 Å². The monoisotopic (exact) mass is 381 g/mol. The summed E-state index contributed by atoms with van der Waals surface area (Å²) in [5, 5.41) is 15.8. The van der Waals surface area contributed by atoms with E-state index in [1.165, 1.54) is 43.1 Å². The maximum Gasteiger partial charge on any atom is 0.416 e. The second-order valence-corrected chi connectivity index (χ2v) is 7.15. The molecule has 1 aromatic heterocycles. The van der Waals surface area contributed by atoms with Crippen molar-refractivity contribution in [3.63, 3.8) is 0 Å². The Morgan fingerprint density at radius 2 is 1.93 bits per heavy atom. The summed E-state index contributed by atoms with van der Waals surface area (Å²) in [4.78, 5) is 24.0. The molecule has 1 aliphatic rings. The molecule has 6 nitrogen and oxygen atoms in total. The summed E-state index contributed by atoms with van der Waals surface area (Å²) in [6.45, 7) is 2.91. The Morgan fingerprint density at radius 3 is 2.48 bits per heavy atom. The van der Waals surface area contributed by atoms with E-state index >= 15 is 0 Å². The molecule has 1 fully saturated rings. The van der Waals surface area contributed by atoms with Gasteiger partial charge < -0.3 is 10.4 Å². The number of alkyl halides is 3. The van der Waals surface area contributed by atoms with E-state index < -0.39 is 34.6 Å². The summed E-state index contributed by atoms with van der Waals surface area (Å²) in [5.74, 6) is -1.53. The van der Waals surface area contributed by atoms with Crippen molar-refractivity contribution in [3.05, 3.63) is 47.8 Å². The Hall–Kier alpha value is -2.84. The van der Waals surface area contributed by atoms with Crippen LogP contribution in [0.25, 0.3) is 0 Å². The number of carbonyl (C=O) groups is 2. The Bertz CT molecular complexity index is 898. The van der Waals surface area contributed by atoms with E-state index in [1.54, 1.807) is 0 Å². The molecule has 0 aliphatic heterocycles. The second kappa shape index (κ2) is 6.11. The third-order valence-electron chi connectivity index (χ3n) is 4.86. The highest BCUT2D eigenvalue weighted by molar-refractivity contribution is 6.01. The molecule has 1 aromatic carbocycles. The molecule has 0 bridgehead atoms. The Balaban J connectivity index is 1.81. The van der Waals surface area contributed by atoms with E-state index in [0.29, 0.717) is 18.4 Å². The zero-order valence-electron chi connectivity index (χ0n) is 14.7. The number of nitrogens with one attached hydrogen (secondary N) is 1. The quantitative estimate of drug-likeness (QED) is 0.832. The average Bonchev–Trinajstić information content (AvgIpc) is 3.27. The largest absolute Gasteiger partial charge is 0.479 e. The minimum atomic E-state index is -4.48. The molecule has 0 spiro atoms. The van der Waals surface area contributed by atoms with Crippen LogP contribution in [0.5, 0.6) is 0 Å². The van der Waals surface area contributed by atoms with Gasteiger partial charge in [0, 0.05) is 6.20 Å². The number of carboxylic acids is 1. The molecule has 3 rings (SSSR count). The van der Waals surface area contributed by atoms with Crippen LogP contribution in [0.2, 0.25) is 0 Å². The number of amides is 1. The van der Waals surface area contributed by atoms with E-state index in [4.69, 9.17) is 0 Å². The minimum absolute atomic E-state index is 0.285. The number of rotatable bonds is 5. The molecular formula is C18H18F3N3O3. The summed E-state index contributed by atoms with van der Waals surface area (Å²) in [6.07, 6.45) is -0.908. The minimum Gasteiger partial charge on any atom is -0.479 e. The summed E-state index contributed by atoms with van der Waals surface area (Å²) in [5.41, 5.74) is -2.51. The topological polar surface area (TPSA) is 84.2 Å². The van der Waals surface area contributed by atoms with Gasteiger partial charge in [-0.2, -0.15) is 18.3 Å². The number of nitrogens with zero attached hydrogens (tertiary/aromatic N) is 2. The molecule has 0 atom stereocenters. The predicted molar refractivity (Wildman–Crippen MR) is 90.2 cm³/mol. The maximum absolute atomic E-state index is 12.9. The molecule has 1 amide bonds. The predicted octanol–water partition coefficient (Wildman–Crippen LogP) is 3.39. The van der Waals surface area contributed by atoms with Gasteiger partial charge in [0.05, 0.1) is 22.9 Å². The standard InChI is InChI=1S/C18H18F3N3O3/c1-16(2,15(26)27)24-10-13(9-22-24)23-14(25)17(6-7-17)11-4-3-5-12(8-11)18(19,20)21/h3-5,8-10H,6-7H2,1-2H3,(H,23,25)(H,26,27). The number of aromatic nitrogens is 2. The molecule has 27 heavy (non-hydrogen) atoms. The van der Waals surface area contributed by atoms with E-state index in [2.05, 4.69) is 10.4 Å². The van der Waals surface area contributed by atoms with Gasteiger partial charge in [0.2, 0.25) is 5.91 Å². The molecule has 1 saturated carbocycles. The number of carbonyl (C=O) groups excluding carboxylic acids is 1. The van der Waals surface area contributed by atoms with E-state index in [0.717, 1.165) is 12.1 Å². The number of benzene rings is 1. The highest BCUT2D eigenvalue weighted by Crippen LogP contribution is 2.50. The van der Waals surface area contributed by atoms with Gasteiger partial charge in [0.15, 0.2) is 5.54 Å². The summed E-state index contributed by atoms with van der Waals surface area (Å²) < 4.78 is 40.0. The van der Waals surface area contributed by atoms with Crippen molar-refractivity contribution in [1.82, 2.24) is 9.78 Å². The highest BCUT2D eigenvalue weighted by Gasteiger charge is 2.52. The lowest BCUT2D eigenvalue weighted by atomic mass is 9.93. The number of hydrogen-bond donors (Lipinski definition) is 2. The van der Waals surface area contributed by atoms with Crippen molar-refractivity contribution in [2.24, 2.45) is 0 Å². The van der Waals surface area contributed by atoms with Crippen LogP contribution in [0.15, 0.2) is 36.7 Å². The lowest BCUT2D eigenvalue weighted by molar-refractivity contribution is -0.146. The van der Waals surface area contributed by atoms with Crippen molar-refractivity contribution in [3.8, 4) is 0 Å². The number of carboxylic acid groups (broad SMARTS) is 1. The molecule has 1 heterocycles. The normalized spacial score (nSPS) is 16.0. The maximum atomic E-state index is 12.9. The van der Waals surface area contributed by atoms with Crippen LogP contribution in [-0.2, 0) is 26.7 Å². The second-order valence-electron chi connectivity index (χ2n) is 7.15. The molecule has 144 valence electrons. The molecule has 0 saturated heterocycles. The fraction of sp³-hybridized carbons (Fsp3) is 0.389. The summed E-state index contributed by atoms with van der Waals surface area (Å²) in [7, 11) is 0. The third-order valence-corrected chi connectivity index (χ3v) is 4.86. The number of hydrogen-bond acceptors (Lipinski definition) is 3. The zero-order chi connectivity index (χ0) is 20.0. The summed E-state index contributed by atoms with van der Waals surface area (Å²) in [6, 6.07) is 4.77. The SMILES string of the molecule is CC(C)(C(=O)O)n1cc(NC(=O)C2(c3cccc(C(F)(F)F)c3)CC2)cn1. The first-order valence-electron chi connectivity index (χ1n) is 8.24. The Labute approximate surface area is 153 Å². The van der Waals surface area contributed by atoms with Crippen molar-refractivity contribution < 1.29 is 27.9 Å². The van der Waals surface area contributed by atoms with E-state index in [-0.39, 0.29) is 5.69 Å². The number of anilines is 1. The van der Waals surface area contributed by atoms with Gasteiger partial charge in [0.1, 0.15) is 0 Å². The zero-order valence-corrected chi connectivity index (χ0v) is 14.7. The lowest BCUT2D eigenvalue weighted by Gasteiger charge is -2.19. The number of aliphatic carboxylic acids is 1. The van der Waals surface area contributed by atoms with Crippen LogP contribution < -0.4 is 5.32 Å². The summed E-state index contributed by atoms with van der Waals surface area (Å²) >= 11 is 0. The van der Waals surface area contributed by atoms with Crippen LogP contribution in [0.3, 0.4) is 0 Å². The van der Waals surface area contributed by atoms with Crippen LogP contribution >= 0.6 is 0 Å². The molecule has 2 aromatic rings. The number of halogens is 3. The van der Waals surface area contributed by atoms with Gasteiger partial charge in [-0.15, -0.1) is 0 Å². The first-order valence-corrected chi connectivity index (χ1v) is 8.24. The Morgan fingerprint density at radius 1 is 1.26 bits per heavy atom. The van der Waals surface area contributed by atoms with Gasteiger partial charge in [-0.3, -0.25) is 9.48 Å². The molecule has 0 unspecified atom stereocenters. The van der Waals surface area contributed by atoms with Gasteiger partial charge in [-0.25, -0.2) is 4.79 Å². The van der Waals surface area contributed by atoms with Crippen molar-refractivity contribution in [2.45, 2.75) is 43.8 Å². The van der Waals surface area contributed by atoms with Crippen LogP contribution in [0, 0.1) is 0 Å². The molecular weight excluding hydrogens is 363 g/mol. The van der Waals surface area contributed by atoms with Crippen LogP contribution in [0.1, 0.15) is 37.8 Å².